The van der Waals surface area contributed by atoms with Crippen LogP contribution < -0.4 is 0 Å². The first-order chi connectivity index (χ1) is 7.77. The van der Waals surface area contributed by atoms with Gasteiger partial charge in [-0.1, -0.05) is 36.4 Å². The molecule has 1 nitrogen and oxygen atoms in total. The summed E-state index contributed by atoms with van der Waals surface area (Å²) in [5.74, 6) is 1.14. The first-order valence-electron chi connectivity index (χ1n) is 5.52. The average Bonchev–Trinajstić information content (AvgIpc) is 2.29. The van der Waals surface area contributed by atoms with Gasteiger partial charge >= 0.3 is 0 Å². The first-order valence-corrected chi connectivity index (χ1v) is 6.51. The van der Waals surface area contributed by atoms with Gasteiger partial charge in [0, 0.05) is 17.2 Å². The minimum Gasteiger partial charge on any atom is -0.309 e. The molecule has 0 bridgehead atoms. The van der Waals surface area contributed by atoms with Crippen molar-refractivity contribution in [1.82, 2.24) is 4.90 Å². The van der Waals surface area contributed by atoms with Crippen LogP contribution in [0.2, 0.25) is 0 Å². The van der Waals surface area contributed by atoms with Crippen LogP contribution in [-0.2, 0) is 0 Å². The number of hydrogen-bond acceptors (Lipinski definition) is 2. The lowest BCUT2D eigenvalue weighted by Crippen LogP contribution is -2.14. The van der Waals surface area contributed by atoms with Crippen LogP contribution in [0.4, 0.5) is 0 Å². The SMILES string of the molecule is CN(C)CCSc1cccc2ccccc12. The predicted octanol–water partition coefficient (Wildman–Crippen LogP) is 3.49. The third kappa shape index (κ3) is 2.77. The Morgan fingerprint density at radius 3 is 2.56 bits per heavy atom. The summed E-state index contributed by atoms with van der Waals surface area (Å²) in [6, 6.07) is 15.1. The van der Waals surface area contributed by atoms with E-state index in [2.05, 4.69) is 61.5 Å². The maximum Gasteiger partial charge on any atom is 0.0151 e. The first kappa shape index (κ1) is 11.5. The fraction of sp³-hybridized carbons (Fsp3) is 0.286. The lowest BCUT2D eigenvalue weighted by atomic mass is 10.1. The van der Waals surface area contributed by atoms with Gasteiger partial charge in [0.2, 0.25) is 0 Å². The Labute approximate surface area is 101 Å². The highest BCUT2D eigenvalue weighted by atomic mass is 32.2. The van der Waals surface area contributed by atoms with Crippen LogP contribution in [0, 0.1) is 0 Å². The molecule has 2 aromatic carbocycles. The Hall–Kier alpha value is -0.990. The molecule has 0 fully saturated rings. The second-order valence-electron chi connectivity index (χ2n) is 4.13. The van der Waals surface area contributed by atoms with Crippen LogP contribution >= 0.6 is 11.8 Å². The van der Waals surface area contributed by atoms with Crippen molar-refractivity contribution >= 4 is 22.5 Å². The maximum atomic E-state index is 2.22. The second kappa shape index (κ2) is 5.37. The zero-order valence-electron chi connectivity index (χ0n) is 9.81. The summed E-state index contributed by atoms with van der Waals surface area (Å²) in [6.45, 7) is 1.12. The molecule has 0 atom stereocenters. The van der Waals surface area contributed by atoms with Crippen LogP contribution in [0.5, 0.6) is 0 Å². The van der Waals surface area contributed by atoms with Gasteiger partial charge in [-0.25, -0.2) is 0 Å². The lowest BCUT2D eigenvalue weighted by molar-refractivity contribution is 0.437. The standard InChI is InChI=1S/C14H17NS/c1-15(2)10-11-16-14-9-5-7-12-6-3-4-8-13(12)14/h3-9H,10-11H2,1-2H3. The van der Waals surface area contributed by atoms with Crippen LogP contribution in [0.25, 0.3) is 10.8 Å². The van der Waals surface area contributed by atoms with Crippen molar-refractivity contribution in [3.05, 3.63) is 42.5 Å². The molecule has 84 valence electrons. The van der Waals surface area contributed by atoms with E-state index >= 15 is 0 Å². The van der Waals surface area contributed by atoms with E-state index < -0.39 is 0 Å². The molecule has 0 radical (unpaired) electrons. The number of hydrogen-bond donors (Lipinski definition) is 0. The van der Waals surface area contributed by atoms with E-state index in [4.69, 9.17) is 0 Å². The van der Waals surface area contributed by atoms with Gasteiger partial charge in [-0.3, -0.25) is 0 Å². The molecule has 16 heavy (non-hydrogen) atoms. The molecule has 0 aliphatic heterocycles. The minimum atomic E-state index is 1.12. The van der Waals surface area contributed by atoms with E-state index in [1.54, 1.807) is 0 Å². The normalized spacial score (nSPS) is 11.2. The summed E-state index contributed by atoms with van der Waals surface area (Å²) < 4.78 is 0. The second-order valence-corrected chi connectivity index (χ2v) is 5.27. The highest BCUT2D eigenvalue weighted by Crippen LogP contribution is 2.27. The van der Waals surface area contributed by atoms with Crippen molar-refractivity contribution in [2.75, 3.05) is 26.4 Å². The van der Waals surface area contributed by atoms with Crippen molar-refractivity contribution in [1.29, 1.82) is 0 Å². The topological polar surface area (TPSA) is 3.24 Å². The van der Waals surface area contributed by atoms with E-state index in [-0.39, 0.29) is 0 Å². The highest BCUT2D eigenvalue weighted by Gasteiger charge is 2.00. The summed E-state index contributed by atoms with van der Waals surface area (Å²) in [4.78, 5) is 3.61. The zero-order valence-corrected chi connectivity index (χ0v) is 10.6. The fourth-order valence-electron chi connectivity index (χ4n) is 1.66. The van der Waals surface area contributed by atoms with E-state index in [0.29, 0.717) is 0 Å². The van der Waals surface area contributed by atoms with Crippen LogP contribution in [-0.4, -0.2) is 31.3 Å². The molecule has 2 heteroatoms. The van der Waals surface area contributed by atoms with Gasteiger partial charge in [-0.05, 0) is 30.9 Å². The lowest BCUT2D eigenvalue weighted by Gasteiger charge is -2.10. The van der Waals surface area contributed by atoms with Gasteiger partial charge < -0.3 is 4.90 Å². The summed E-state index contributed by atoms with van der Waals surface area (Å²) >= 11 is 1.94. The quantitative estimate of drug-likeness (QED) is 0.741. The third-order valence-electron chi connectivity index (χ3n) is 2.55. The molecule has 0 N–H and O–H groups in total. The molecule has 0 unspecified atom stereocenters. The van der Waals surface area contributed by atoms with Crippen molar-refractivity contribution in [2.45, 2.75) is 4.90 Å². The summed E-state index contributed by atoms with van der Waals surface area (Å²) in [5, 5.41) is 2.70. The minimum absolute atomic E-state index is 1.12. The molecule has 0 aliphatic rings. The molecular weight excluding hydrogens is 214 g/mol. The predicted molar refractivity (Wildman–Crippen MR) is 73.2 cm³/mol. The van der Waals surface area contributed by atoms with Crippen molar-refractivity contribution in [3.63, 3.8) is 0 Å². The smallest absolute Gasteiger partial charge is 0.0151 e. The van der Waals surface area contributed by atoms with Gasteiger partial charge in [0.1, 0.15) is 0 Å². The van der Waals surface area contributed by atoms with Gasteiger partial charge in [0.25, 0.3) is 0 Å². The van der Waals surface area contributed by atoms with Crippen molar-refractivity contribution in [3.8, 4) is 0 Å². The van der Waals surface area contributed by atoms with Crippen LogP contribution in [0.15, 0.2) is 47.4 Å². The maximum absolute atomic E-state index is 2.22. The van der Waals surface area contributed by atoms with E-state index in [1.165, 1.54) is 15.7 Å². The van der Waals surface area contributed by atoms with E-state index in [9.17, 15) is 0 Å². The molecule has 0 amide bonds. The summed E-state index contributed by atoms with van der Waals surface area (Å²) in [6.07, 6.45) is 0. The van der Waals surface area contributed by atoms with Gasteiger partial charge in [-0.15, -0.1) is 11.8 Å². The Morgan fingerprint density at radius 1 is 1.00 bits per heavy atom. The van der Waals surface area contributed by atoms with Gasteiger partial charge in [0.15, 0.2) is 0 Å². The third-order valence-corrected chi connectivity index (χ3v) is 3.60. The summed E-state index contributed by atoms with van der Waals surface area (Å²) in [5.41, 5.74) is 0. The van der Waals surface area contributed by atoms with Crippen LogP contribution in [0.3, 0.4) is 0 Å². The molecule has 0 saturated carbocycles. The molecule has 0 heterocycles. The molecule has 2 rings (SSSR count). The van der Waals surface area contributed by atoms with E-state index in [0.717, 1.165) is 12.3 Å². The Balaban J connectivity index is 2.17. The summed E-state index contributed by atoms with van der Waals surface area (Å²) in [7, 11) is 4.23. The van der Waals surface area contributed by atoms with Gasteiger partial charge in [0.05, 0.1) is 0 Å². The molecule has 0 saturated heterocycles. The number of thioether (sulfide) groups is 1. The van der Waals surface area contributed by atoms with Crippen molar-refractivity contribution < 1.29 is 0 Å². The number of nitrogens with zero attached hydrogens (tertiary/aromatic N) is 1. The Kier molecular flexibility index (Phi) is 3.86. The van der Waals surface area contributed by atoms with Crippen molar-refractivity contribution in [2.24, 2.45) is 0 Å². The molecule has 0 aliphatic carbocycles. The molecule has 2 aromatic rings. The number of benzene rings is 2. The molecule has 0 spiro atoms. The number of rotatable bonds is 4. The Morgan fingerprint density at radius 2 is 1.75 bits per heavy atom. The average molecular weight is 231 g/mol. The molecular formula is C14H17NS. The largest absolute Gasteiger partial charge is 0.309 e. The highest BCUT2D eigenvalue weighted by molar-refractivity contribution is 7.99. The monoisotopic (exact) mass is 231 g/mol. The van der Waals surface area contributed by atoms with E-state index in [1.807, 2.05) is 11.8 Å². The fourth-order valence-corrected chi connectivity index (χ4v) is 2.85. The zero-order chi connectivity index (χ0) is 11.4. The van der Waals surface area contributed by atoms with Crippen LogP contribution in [0.1, 0.15) is 0 Å². The Bertz CT molecular complexity index is 460. The number of fused-ring (bicyclic) bond motifs is 1. The van der Waals surface area contributed by atoms with Gasteiger partial charge in [-0.2, -0.15) is 0 Å². The molecule has 0 aromatic heterocycles.